The van der Waals surface area contributed by atoms with Gasteiger partial charge in [-0.3, -0.25) is 4.98 Å². The summed E-state index contributed by atoms with van der Waals surface area (Å²) in [5.41, 5.74) is 3.52. The molecule has 0 saturated heterocycles. The molecular weight excluding hydrogens is 248 g/mol. The van der Waals surface area contributed by atoms with Gasteiger partial charge in [-0.15, -0.1) is 0 Å². The molecule has 2 heterocycles. The summed E-state index contributed by atoms with van der Waals surface area (Å²) in [6.45, 7) is 3.12. The number of hydrogen-bond acceptors (Lipinski definition) is 4. The first-order valence-corrected chi connectivity index (χ1v) is 7.42. The number of anilines is 1. The van der Waals surface area contributed by atoms with Gasteiger partial charge in [0.2, 0.25) is 0 Å². The van der Waals surface area contributed by atoms with Gasteiger partial charge >= 0.3 is 0 Å². The van der Waals surface area contributed by atoms with E-state index in [4.69, 9.17) is 9.97 Å². The van der Waals surface area contributed by atoms with E-state index >= 15 is 0 Å². The van der Waals surface area contributed by atoms with Gasteiger partial charge in [-0.2, -0.15) is 0 Å². The van der Waals surface area contributed by atoms with E-state index in [1.54, 1.807) is 6.20 Å². The third kappa shape index (κ3) is 2.64. The van der Waals surface area contributed by atoms with Gasteiger partial charge in [-0.05, 0) is 44.2 Å². The van der Waals surface area contributed by atoms with Crippen molar-refractivity contribution in [3.8, 4) is 11.4 Å². The van der Waals surface area contributed by atoms with Gasteiger partial charge in [0.05, 0.1) is 0 Å². The first-order valence-electron chi connectivity index (χ1n) is 7.42. The molecule has 0 spiro atoms. The number of aromatic nitrogens is 3. The zero-order valence-electron chi connectivity index (χ0n) is 11.9. The van der Waals surface area contributed by atoms with Gasteiger partial charge in [0.25, 0.3) is 0 Å². The largest absolute Gasteiger partial charge is 0.370 e. The third-order valence-corrected chi connectivity index (χ3v) is 3.65. The molecule has 0 saturated carbocycles. The standard InChI is InChI=1S/C16H20N4/c1-2-9-18-16-13-7-3-4-8-14(13)19-15(20-16)12-6-5-10-17-11-12/h5-6,10-11H,2-4,7-9H2,1H3,(H,18,19,20). The van der Waals surface area contributed by atoms with Crippen LogP contribution in [0.25, 0.3) is 11.4 Å². The molecule has 4 heteroatoms. The summed E-state index contributed by atoms with van der Waals surface area (Å²) in [5, 5.41) is 3.46. The van der Waals surface area contributed by atoms with E-state index in [0.717, 1.165) is 43.0 Å². The monoisotopic (exact) mass is 268 g/mol. The van der Waals surface area contributed by atoms with Crippen molar-refractivity contribution in [1.82, 2.24) is 15.0 Å². The first-order chi connectivity index (χ1) is 9.88. The molecule has 1 N–H and O–H groups in total. The Kier molecular flexibility index (Phi) is 3.90. The topological polar surface area (TPSA) is 50.7 Å². The van der Waals surface area contributed by atoms with Gasteiger partial charge in [0.15, 0.2) is 5.82 Å². The summed E-state index contributed by atoms with van der Waals surface area (Å²) in [6, 6.07) is 3.94. The molecule has 1 aliphatic carbocycles. The SMILES string of the molecule is CCCNc1nc(-c2cccnc2)nc2c1CCCC2. The Hall–Kier alpha value is -1.97. The second-order valence-corrected chi connectivity index (χ2v) is 5.20. The lowest BCUT2D eigenvalue weighted by Gasteiger charge is -2.19. The number of aryl methyl sites for hydroxylation is 1. The highest BCUT2D eigenvalue weighted by Gasteiger charge is 2.18. The Balaban J connectivity index is 2.03. The second-order valence-electron chi connectivity index (χ2n) is 5.20. The van der Waals surface area contributed by atoms with Crippen LogP contribution in [0.4, 0.5) is 5.82 Å². The Labute approximate surface area is 119 Å². The van der Waals surface area contributed by atoms with Crippen LogP contribution in [0.3, 0.4) is 0 Å². The molecule has 1 aliphatic rings. The Morgan fingerprint density at radius 2 is 2.10 bits per heavy atom. The zero-order valence-corrected chi connectivity index (χ0v) is 11.9. The van der Waals surface area contributed by atoms with Gasteiger partial charge in [0, 0.05) is 35.8 Å². The number of nitrogens with one attached hydrogen (secondary N) is 1. The molecule has 0 bridgehead atoms. The van der Waals surface area contributed by atoms with Crippen LogP contribution in [0.2, 0.25) is 0 Å². The number of fused-ring (bicyclic) bond motifs is 1. The number of hydrogen-bond donors (Lipinski definition) is 1. The summed E-state index contributed by atoms with van der Waals surface area (Å²) < 4.78 is 0. The predicted octanol–water partition coefficient (Wildman–Crippen LogP) is 3.24. The molecule has 0 amide bonds. The molecule has 3 rings (SSSR count). The number of pyridine rings is 1. The van der Waals surface area contributed by atoms with Gasteiger partial charge in [0.1, 0.15) is 5.82 Å². The molecule has 0 fully saturated rings. The van der Waals surface area contributed by atoms with Crippen LogP contribution >= 0.6 is 0 Å². The van der Waals surface area contributed by atoms with Crippen molar-refractivity contribution >= 4 is 5.82 Å². The van der Waals surface area contributed by atoms with E-state index < -0.39 is 0 Å². The van der Waals surface area contributed by atoms with Crippen LogP contribution in [0.1, 0.15) is 37.4 Å². The van der Waals surface area contributed by atoms with Crippen molar-refractivity contribution in [3.05, 3.63) is 35.8 Å². The molecule has 104 valence electrons. The first kappa shape index (κ1) is 13.0. The summed E-state index contributed by atoms with van der Waals surface area (Å²) in [4.78, 5) is 13.7. The maximum Gasteiger partial charge on any atom is 0.163 e. The molecule has 0 atom stereocenters. The van der Waals surface area contributed by atoms with Crippen molar-refractivity contribution in [3.63, 3.8) is 0 Å². The van der Waals surface area contributed by atoms with E-state index in [2.05, 4.69) is 17.2 Å². The van der Waals surface area contributed by atoms with Crippen LogP contribution in [-0.2, 0) is 12.8 Å². The van der Waals surface area contributed by atoms with Crippen LogP contribution in [0.5, 0.6) is 0 Å². The predicted molar refractivity (Wildman–Crippen MR) is 80.7 cm³/mol. The fourth-order valence-electron chi connectivity index (χ4n) is 2.61. The molecule has 4 nitrogen and oxygen atoms in total. The summed E-state index contributed by atoms with van der Waals surface area (Å²) in [7, 11) is 0. The Morgan fingerprint density at radius 1 is 1.20 bits per heavy atom. The lowest BCUT2D eigenvalue weighted by Crippen LogP contribution is -2.14. The highest BCUT2D eigenvalue weighted by molar-refractivity contribution is 5.59. The Morgan fingerprint density at radius 3 is 2.90 bits per heavy atom. The van der Waals surface area contributed by atoms with Gasteiger partial charge in [-0.25, -0.2) is 9.97 Å². The minimum atomic E-state index is 0.789. The van der Waals surface area contributed by atoms with Crippen LogP contribution in [-0.4, -0.2) is 21.5 Å². The van der Waals surface area contributed by atoms with Crippen molar-refractivity contribution < 1.29 is 0 Å². The van der Waals surface area contributed by atoms with E-state index in [1.807, 2.05) is 18.3 Å². The highest BCUT2D eigenvalue weighted by atomic mass is 15.0. The van der Waals surface area contributed by atoms with Crippen LogP contribution < -0.4 is 5.32 Å². The fourth-order valence-corrected chi connectivity index (χ4v) is 2.61. The molecule has 20 heavy (non-hydrogen) atoms. The lowest BCUT2D eigenvalue weighted by molar-refractivity contribution is 0.664. The highest BCUT2D eigenvalue weighted by Crippen LogP contribution is 2.28. The third-order valence-electron chi connectivity index (χ3n) is 3.65. The zero-order chi connectivity index (χ0) is 13.8. The maximum absolute atomic E-state index is 4.76. The van der Waals surface area contributed by atoms with Gasteiger partial charge in [-0.1, -0.05) is 6.92 Å². The minimum absolute atomic E-state index is 0.789. The van der Waals surface area contributed by atoms with E-state index in [9.17, 15) is 0 Å². The molecule has 0 radical (unpaired) electrons. The maximum atomic E-state index is 4.76. The summed E-state index contributed by atoms with van der Waals surface area (Å²) >= 11 is 0. The Bertz CT molecular complexity index is 581. The van der Waals surface area contributed by atoms with Crippen molar-refractivity contribution in [2.75, 3.05) is 11.9 Å². The summed E-state index contributed by atoms with van der Waals surface area (Å²) in [6.07, 6.45) is 9.32. The number of rotatable bonds is 4. The molecular formula is C16H20N4. The molecule has 0 aromatic carbocycles. The smallest absolute Gasteiger partial charge is 0.163 e. The van der Waals surface area contributed by atoms with Crippen molar-refractivity contribution in [2.45, 2.75) is 39.0 Å². The average molecular weight is 268 g/mol. The number of nitrogens with zero attached hydrogens (tertiary/aromatic N) is 3. The second kappa shape index (κ2) is 5.99. The molecule has 2 aromatic rings. The molecule has 0 unspecified atom stereocenters. The van der Waals surface area contributed by atoms with Crippen LogP contribution in [0, 0.1) is 0 Å². The van der Waals surface area contributed by atoms with Crippen LogP contribution in [0.15, 0.2) is 24.5 Å². The minimum Gasteiger partial charge on any atom is -0.370 e. The molecule has 2 aromatic heterocycles. The van der Waals surface area contributed by atoms with Crippen molar-refractivity contribution in [2.24, 2.45) is 0 Å². The van der Waals surface area contributed by atoms with Gasteiger partial charge < -0.3 is 5.32 Å². The quantitative estimate of drug-likeness (QED) is 0.925. The van der Waals surface area contributed by atoms with E-state index in [-0.39, 0.29) is 0 Å². The van der Waals surface area contributed by atoms with E-state index in [0.29, 0.717) is 0 Å². The average Bonchev–Trinajstić information content (AvgIpc) is 2.53. The normalized spacial score (nSPS) is 13.8. The van der Waals surface area contributed by atoms with E-state index in [1.165, 1.54) is 24.1 Å². The molecule has 0 aliphatic heterocycles. The lowest BCUT2D eigenvalue weighted by atomic mass is 9.96. The summed E-state index contributed by atoms with van der Waals surface area (Å²) in [5.74, 6) is 1.81. The fraction of sp³-hybridized carbons (Fsp3) is 0.438. The van der Waals surface area contributed by atoms with Crippen molar-refractivity contribution in [1.29, 1.82) is 0 Å².